The van der Waals surface area contributed by atoms with Crippen LogP contribution in [0.2, 0.25) is 10.0 Å². The highest BCUT2D eigenvalue weighted by atomic mass is 35.5. The van der Waals surface area contributed by atoms with Crippen LogP contribution in [0.25, 0.3) is 17.1 Å². The third kappa shape index (κ3) is 4.23. The Morgan fingerprint density at radius 3 is 2.41 bits per heavy atom. The number of rotatable bonds is 5. The highest BCUT2D eigenvalue weighted by Crippen LogP contribution is 2.30. The van der Waals surface area contributed by atoms with Gasteiger partial charge in [-0.3, -0.25) is 4.79 Å². The molecule has 0 aliphatic heterocycles. The van der Waals surface area contributed by atoms with Crippen LogP contribution >= 0.6 is 23.2 Å². The summed E-state index contributed by atoms with van der Waals surface area (Å²) in [7, 11) is 1.50. The smallest absolute Gasteiger partial charge is 0.336 e. The second kappa shape index (κ2) is 7.98. The SMILES string of the molecule is COc1nc(-c2ccc(Cl)c(Cl)c2)n(-c2ccc(NC(=O)C(C)C)cc2)n1. The Balaban J connectivity index is 1.97. The largest absolute Gasteiger partial charge is 0.466 e. The Labute approximate surface area is 167 Å². The summed E-state index contributed by atoms with van der Waals surface area (Å²) in [6.45, 7) is 3.68. The minimum atomic E-state index is -0.0921. The van der Waals surface area contributed by atoms with Gasteiger partial charge in [0.25, 0.3) is 0 Å². The summed E-state index contributed by atoms with van der Waals surface area (Å²) in [5.41, 5.74) is 2.22. The molecule has 1 amide bonds. The number of nitrogens with zero attached hydrogens (tertiary/aromatic N) is 3. The molecule has 3 rings (SSSR count). The van der Waals surface area contributed by atoms with Gasteiger partial charge in [-0.25, -0.2) is 4.68 Å². The molecule has 2 aromatic carbocycles. The maximum Gasteiger partial charge on any atom is 0.336 e. The van der Waals surface area contributed by atoms with Crippen molar-refractivity contribution < 1.29 is 9.53 Å². The number of aromatic nitrogens is 3. The van der Waals surface area contributed by atoms with Gasteiger partial charge in [-0.2, -0.15) is 4.98 Å². The lowest BCUT2D eigenvalue weighted by atomic mass is 10.2. The first-order valence-corrected chi connectivity index (χ1v) is 9.02. The quantitative estimate of drug-likeness (QED) is 0.659. The standard InChI is InChI=1S/C19H18Cl2N4O2/c1-11(2)18(26)22-13-5-7-14(8-6-13)25-17(23-19(24-25)27-3)12-4-9-15(20)16(21)10-12/h4-11H,1-3H3,(H,22,26). The summed E-state index contributed by atoms with van der Waals surface area (Å²) in [6, 6.07) is 12.8. The lowest BCUT2D eigenvalue weighted by Crippen LogP contribution is -2.17. The van der Waals surface area contributed by atoms with Gasteiger partial charge in [0, 0.05) is 17.2 Å². The van der Waals surface area contributed by atoms with Gasteiger partial charge in [0.2, 0.25) is 5.91 Å². The van der Waals surface area contributed by atoms with E-state index < -0.39 is 0 Å². The molecule has 0 atom stereocenters. The minimum Gasteiger partial charge on any atom is -0.466 e. The molecule has 1 heterocycles. The molecule has 0 radical (unpaired) electrons. The highest BCUT2D eigenvalue weighted by molar-refractivity contribution is 6.42. The number of methoxy groups -OCH3 is 1. The second-order valence-electron chi connectivity index (χ2n) is 6.15. The van der Waals surface area contributed by atoms with E-state index in [1.165, 1.54) is 7.11 Å². The van der Waals surface area contributed by atoms with E-state index in [4.69, 9.17) is 27.9 Å². The Kier molecular flexibility index (Phi) is 5.68. The van der Waals surface area contributed by atoms with E-state index in [1.807, 2.05) is 44.2 Å². The third-order valence-electron chi connectivity index (χ3n) is 3.85. The van der Waals surface area contributed by atoms with Crippen molar-refractivity contribution in [2.24, 2.45) is 5.92 Å². The number of ether oxygens (including phenoxy) is 1. The monoisotopic (exact) mass is 404 g/mol. The van der Waals surface area contributed by atoms with Gasteiger partial charge in [-0.05, 0) is 42.5 Å². The molecular weight excluding hydrogens is 387 g/mol. The van der Waals surface area contributed by atoms with Crippen LogP contribution in [0.3, 0.4) is 0 Å². The van der Waals surface area contributed by atoms with Gasteiger partial charge >= 0.3 is 6.01 Å². The van der Waals surface area contributed by atoms with Gasteiger partial charge in [-0.15, -0.1) is 5.10 Å². The van der Waals surface area contributed by atoms with Crippen molar-refractivity contribution in [1.29, 1.82) is 0 Å². The van der Waals surface area contributed by atoms with Gasteiger partial charge in [0.15, 0.2) is 5.82 Å². The lowest BCUT2D eigenvalue weighted by molar-refractivity contribution is -0.118. The lowest BCUT2D eigenvalue weighted by Gasteiger charge is -2.10. The summed E-state index contributed by atoms with van der Waals surface area (Å²) in [5.74, 6) is 0.427. The van der Waals surface area contributed by atoms with Gasteiger partial charge < -0.3 is 10.1 Å². The van der Waals surface area contributed by atoms with E-state index in [2.05, 4.69) is 15.4 Å². The highest BCUT2D eigenvalue weighted by Gasteiger charge is 2.15. The van der Waals surface area contributed by atoms with Crippen molar-refractivity contribution in [2.75, 3.05) is 12.4 Å². The fourth-order valence-corrected chi connectivity index (χ4v) is 2.65. The molecular formula is C19H18Cl2N4O2. The molecule has 0 aliphatic carbocycles. The molecule has 0 bridgehead atoms. The molecule has 140 valence electrons. The van der Waals surface area contributed by atoms with Crippen LogP contribution in [0.4, 0.5) is 5.69 Å². The minimum absolute atomic E-state index is 0.0401. The summed E-state index contributed by atoms with van der Waals surface area (Å²) < 4.78 is 6.82. The molecule has 27 heavy (non-hydrogen) atoms. The van der Waals surface area contributed by atoms with Crippen LogP contribution in [0.15, 0.2) is 42.5 Å². The zero-order chi connectivity index (χ0) is 19.6. The Morgan fingerprint density at radius 2 is 1.81 bits per heavy atom. The van der Waals surface area contributed by atoms with Gasteiger partial charge in [0.05, 0.1) is 22.8 Å². The molecule has 1 aromatic heterocycles. The van der Waals surface area contributed by atoms with E-state index in [0.29, 0.717) is 21.6 Å². The van der Waals surface area contributed by atoms with Crippen molar-refractivity contribution >= 4 is 34.8 Å². The van der Waals surface area contributed by atoms with Gasteiger partial charge in [0.1, 0.15) is 0 Å². The van der Waals surface area contributed by atoms with Crippen LogP contribution in [-0.4, -0.2) is 27.8 Å². The number of carbonyl (C=O) groups is 1. The molecule has 8 heteroatoms. The predicted octanol–water partition coefficient (Wildman–Crippen LogP) is 4.84. The topological polar surface area (TPSA) is 69.0 Å². The third-order valence-corrected chi connectivity index (χ3v) is 4.59. The first kappa shape index (κ1) is 19.2. The zero-order valence-electron chi connectivity index (χ0n) is 15.0. The van der Waals surface area contributed by atoms with Crippen molar-refractivity contribution in [2.45, 2.75) is 13.8 Å². The first-order chi connectivity index (χ1) is 12.9. The summed E-state index contributed by atoms with van der Waals surface area (Å²) in [5, 5.41) is 8.11. The van der Waals surface area contributed by atoms with Gasteiger partial charge in [-0.1, -0.05) is 37.0 Å². The average Bonchev–Trinajstić information content (AvgIpc) is 3.09. The normalized spacial score (nSPS) is 10.9. The molecule has 3 aromatic rings. The van der Waals surface area contributed by atoms with Crippen molar-refractivity contribution in [3.05, 3.63) is 52.5 Å². The molecule has 0 aliphatic rings. The number of amides is 1. The Morgan fingerprint density at radius 1 is 1.11 bits per heavy atom. The number of carbonyl (C=O) groups excluding carboxylic acids is 1. The molecule has 0 saturated heterocycles. The fraction of sp³-hybridized carbons (Fsp3) is 0.211. The average molecular weight is 405 g/mol. The maximum atomic E-state index is 11.8. The fourth-order valence-electron chi connectivity index (χ4n) is 2.35. The number of hydrogen-bond acceptors (Lipinski definition) is 4. The molecule has 6 nitrogen and oxygen atoms in total. The Hall–Kier alpha value is -2.57. The van der Waals surface area contributed by atoms with E-state index in [9.17, 15) is 4.79 Å². The van der Waals surface area contributed by atoms with E-state index in [-0.39, 0.29) is 17.8 Å². The first-order valence-electron chi connectivity index (χ1n) is 8.27. The zero-order valence-corrected chi connectivity index (χ0v) is 16.5. The molecule has 0 unspecified atom stereocenters. The number of benzene rings is 2. The summed E-state index contributed by atoms with van der Waals surface area (Å²) in [4.78, 5) is 16.2. The molecule has 1 N–H and O–H groups in total. The van der Waals surface area contributed by atoms with Crippen molar-refractivity contribution in [1.82, 2.24) is 14.8 Å². The van der Waals surface area contributed by atoms with Crippen molar-refractivity contribution in [3.8, 4) is 23.1 Å². The van der Waals surface area contributed by atoms with Crippen LogP contribution in [0.1, 0.15) is 13.8 Å². The molecule has 0 spiro atoms. The van der Waals surface area contributed by atoms with Crippen molar-refractivity contribution in [3.63, 3.8) is 0 Å². The predicted molar refractivity (Wildman–Crippen MR) is 107 cm³/mol. The number of hydrogen-bond donors (Lipinski definition) is 1. The number of nitrogens with one attached hydrogen (secondary N) is 1. The van der Waals surface area contributed by atoms with Crippen LogP contribution < -0.4 is 10.1 Å². The number of halogens is 2. The van der Waals surface area contributed by atoms with Crippen LogP contribution in [0, 0.1) is 5.92 Å². The molecule has 0 fully saturated rings. The van der Waals surface area contributed by atoms with Crippen LogP contribution in [-0.2, 0) is 4.79 Å². The second-order valence-corrected chi connectivity index (χ2v) is 6.97. The van der Waals surface area contributed by atoms with Crippen LogP contribution in [0.5, 0.6) is 6.01 Å². The summed E-state index contributed by atoms with van der Waals surface area (Å²) in [6.07, 6.45) is 0. The number of anilines is 1. The maximum absolute atomic E-state index is 11.8. The van der Waals surface area contributed by atoms with E-state index in [0.717, 1.165) is 11.3 Å². The van der Waals surface area contributed by atoms with E-state index in [1.54, 1.807) is 16.8 Å². The Bertz CT molecular complexity index is 968. The van der Waals surface area contributed by atoms with E-state index >= 15 is 0 Å². The molecule has 0 saturated carbocycles. The summed E-state index contributed by atoms with van der Waals surface area (Å²) >= 11 is 12.1.